The molecule has 0 fully saturated rings. The Morgan fingerprint density at radius 2 is 1.00 bits per heavy atom. The molecule has 0 aromatic carbocycles. The van der Waals surface area contributed by atoms with Crippen LogP contribution in [0.3, 0.4) is 0 Å². The van der Waals surface area contributed by atoms with Crippen LogP contribution in [-0.2, 0) is 0 Å². The molecule has 0 radical (unpaired) electrons. The van der Waals surface area contributed by atoms with Gasteiger partial charge in [0.05, 0.1) is 0 Å². The molecular weight excluding hydrogens is 172 g/mol. The predicted octanol–water partition coefficient (Wildman–Crippen LogP) is -3.52. The molecule has 0 rings (SSSR count). The first-order valence-corrected chi connectivity index (χ1v) is 10.5. The molecule has 60 valence electrons. The third kappa shape index (κ3) is 18.7. The van der Waals surface area contributed by atoms with Crippen molar-refractivity contribution in [1.29, 1.82) is 0 Å². The summed E-state index contributed by atoms with van der Waals surface area (Å²) >= 11 is 0. The fourth-order valence-electron chi connectivity index (χ4n) is 1.12. The number of hydrogen-bond acceptors (Lipinski definition) is 1. The molecule has 0 amide bonds. The zero-order chi connectivity index (χ0) is 7.71. The van der Waals surface area contributed by atoms with E-state index in [-0.39, 0.29) is 51.3 Å². The molecule has 0 spiro atoms. The van der Waals surface area contributed by atoms with E-state index in [0.717, 1.165) is 0 Å². The normalized spacial score (nSPS) is 11.5. The maximum atomic E-state index is 3.74. The molecule has 0 aromatic rings. The second-order valence-electron chi connectivity index (χ2n) is 4.62. The molecule has 0 saturated carbocycles. The van der Waals surface area contributed by atoms with Crippen molar-refractivity contribution in [2.45, 2.75) is 39.3 Å². The van der Waals surface area contributed by atoms with Gasteiger partial charge in [-0.15, -0.1) is 0 Å². The zero-order valence-corrected chi connectivity index (χ0v) is 13.5. The summed E-state index contributed by atoms with van der Waals surface area (Å²) < 4.78 is 3.74. The fraction of sp³-hybridized carbons (Fsp3) is 1.00. The van der Waals surface area contributed by atoms with Gasteiger partial charge >= 0.3 is 48.4 Å². The van der Waals surface area contributed by atoms with Gasteiger partial charge in [0.25, 0.3) is 0 Å². The molecule has 0 aromatic heterocycles. The Labute approximate surface area is 111 Å². The van der Waals surface area contributed by atoms with Gasteiger partial charge in [-0.1, -0.05) is 39.3 Å². The van der Waals surface area contributed by atoms with Crippen molar-refractivity contribution in [2.24, 2.45) is 0 Å². The molecule has 0 atom stereocenters. The minimum Gasteiger partial charge on any atom is -1.00 e. The quantitative estimate of drug-likeness (QED) is 0.448. The summed E-state index contributed by atoms with van der Waals surface area (Å²) in [5.41, 5.74) is 0. The molecule has 0 bridgehead atoms. The van der Waals surface area contributed by atoms with Gasteiger partial charge < -0.3 is 7.50 Å². The van der Waals surface area contributed by atoms with E-state index in [4.69, 9.17) is 0 Å². The van der Waals surface area contributed by atoms with Crippen molar-refractivity contribution in [3.63, 3.8) is 0 Å². The molecule has 1 nitrogen and oxygen atoms in total. The molecule has 0 heterocycles. The van der Waals surface area contributed by atoms with Crippen molar-refractivity contribution < 1.29 is 51.3 Å². The van der Waals surface area contributed by atoms with Crippen LogP contribution in [0.15, 0.2) is 0 Å². The average Bonchev–Trinajstić information content (AvgIpc) is 1.14. The van der Waals surface area contributed by atoms with Crippen molar-refractivity contribution in [1.82, 2.24) is 4.65 Å². The molecular formula is C6H21LiNNaSi2. The van der Waals surface area contributed by atoms with E-state index in [9.17, 15) is 0 Å². The van der Waals surface area contributed by atoms with Crippen LogP contribution in [-0.4, -0.2) is 16.5 Å². The van der Waals surface area contributed by atoms with Gasteiger partial charge in [0.1, 0.15) is 16.5 Å². The summed E-state index contributed by atoms with van der Waals surface area (Å²) in [5, 5.41) is 0. The summed E-state index contributed by atoms with van der Waals surface area (Å²) in [4.78, 5) is 0. The molecule has 11 heavy (non-hydrogen) atoms. The Balaban J connectivity index is -0.0000000533. The number of rotatable bonds is 2. The Bertz CT molecular complexity index is 93.8. The second kappa shape index (κ2) is 6.45. The molecule has 5 heteroatoms. The molecule has 0 saturated heterocycles. The van der Waals surface area contributed by atoms with Gasteiger partial charge in [-0.3, -0.25) is 0 Å². The van der Waals surface area contributed by atoms with Gasteiger partial charge in [0.2, 0.25) is 0 Å². The van der Waals surface area contributed by atoms with Crippen LogP contribution in [0.5, 0.6) is 0 Å². The minimum absolute atomic E-state index is 0. The van der Waals surface area contributed by atoms with Crippen LogP contribution in [0.1, 0.15) is 2.85 Å². The van der Waals surface area contributed by atoms with E-state index >= 15 is 0 Å². The average molecular weight is 193 g/mol. The van der Waals surface area contributed by atoms with Crippen molar-refractivity contribution in [3.8, 4) is 0 Å². The largest absolute Gasteiger partial charge is 1.00 e. The first-order valence-electron chi connectivity index (χ1n) is 3.50. The fourth-order valence-corrected chi connectivity index (χ4v) is 10.1. The summed E-state index contributed by atoms with van der Waals surface area (Å²) in [7, 11) is -1.96. The van der Waals surface area contributed by atoms with Crippen LogP contribution < -0.4 is 53.1 Å². The van der Waals surface area contributed by atoms with Gasteiger partial charge in [-0.25, -0.2) is 0 Å². The monoisotopic (exact) mass is 193 g/mol. The SMILES string of the molecule is C[Si](C)(C)N[Si](C)(C)C.[H-].[H-].[Li+].[Na+]. The molecule has 1 N–H and O–H groups in total. The molecule has 0 aliphatic carbocycles. The van der Waals surface area contributed by atoms with E-state index in [2.05, 4.69) is 43.9 Å². The topological polar surface area (TPSA) is 12.0 Å². The summed E-state index contributed by atoms with van der Waals surface area (Å²) in [6.07, 6.45) is 0. The van der Waals surface area contributed by atoms with Crippen molar-refractivity contribution in [3.05, 3.63) is 0 Å². The Kier molecular flexibility index (Phi) is 11.0. The first-order chi connectivity index (χ1) is 3.71. The second-order valence-corrected chi connectivity index (χ2v) is 14.6. The molecule has 0 unspecified atom stereocenters. The maximum absolute atomic E-state index is 3.74. The Morgan fingerprint density at radius 1 is 0.818 bits per heavy atom. The van der Waals surface area contributed by atoms with Crippen molar-refractivity contribution in [2.75, 3.05) is 0 Å². The van der Waals surface area contributed by atoms with Crippen LogP contribution >= 0.6 is 0 Å². The van der Waals surface area contributed by atoms with Gasteiger partial charge in [-0.2, -0.15) is 0 Å². The Hall–Kier alpha value is 1.99. The first kappa shape index (κ1) is 18.7. The molecule has 0 aliphatic rings. The predicted molar refractivity (Wildman–Crippen MR) is 52.1 cm³/mol. The van der Waals surface area contributed by atoms with Crippen LogP contribution in [0.25, 0.3) is 0 Å². The van der Waals surface area contributed by atoms with Gasteiger partial charge in [-0.05, 0) is 0 Å². The van der Waals surface area contributed by atoms with E-state index in [1.54, 1.807) is 0 Å². The Morgan fingerprint density at radius 3 is 1.00 bits per heavy atom. The third-order valence-corrected chi connectivity index (χ3v) is 6.75. The molecule has 0 aliphatic heterocycles. The van der Waals surface area contributed by atoms with Gasteiger partial charge in [0.15, 0.2) is 0 Å². The number of nitrogens with one attached hydrogen (secondary N) is 1. The summed E-state index contributed by atoms with van der Waals surface area (Å²) in [5.74, 6) is 0. The zero-order valence-electron chi connectivity index (χ0n) is 11.5. The van der Waals surface area contributed by atoms with E-state index in [1.807, 2.05) is 0 Å². The van der Waals surface area contributed by atoms with E-state index in [1.165, 1.54) is 0 Å². The standard InChI is InChI=1S/C6H19NSi2.Li.Na.2H/c1-8(2,3)7-9(4,5)6;;;;/h7H,1-6H3;;;;/q;2*+1;2*-1. The van der Waals surface area contributed by atoms with Crippen molar-refractivity contribution >= 4 is 16.5 Å². The smallest absolute Gasteiger partial charge is 1.00 e. The minimum atomic E-state index is -0.981. The number of hydrogen-bond donors (Lipinski definition) is 1. The van der Waals surface area contributed by atoms with E-state index in [0.29, 0.717) is 0 Å². The summed E-state index contributed by atoms with van der Waals surface area (Å²) in [6.45, 7) is 14.1. The van der Waals surface area contributed by atoms with Crippen LogP contribution in [0.2, 0.25) is 39.3 Å². The van der Waals surface area contributed by atoms with E-state index < -0.39 is 16.5 Å². The third-order valence-electron chi connectivity index (χ3n) is 0.750. The van der Waals surface area contributed by atoms with Crippen LogP contribution in [0, 0.1) is 0 Å². The van der Waals surface area contributed by atoms with Crippen LogP contribution in [0.4, 0.5) is 0 Å². The summed E-state index contributed by atoms with van der Waals surface area (Å²) in [6, 6.07) is 0. The van der Waals surface area contributed by atoms with Gasteiger partial charge in [0, 0.05) is 0 Å². The maximum Gasteiger partial charge on any atom is 1.00 e.